The van der Waals surface area contributed by atoms with Gasteiger partial charge in [-0.15, -0.1) is 0 Å². The van der Waals surface area contributed by atoms with Crippen LogP contribution in [-0.4, -0.2) is 46.8 Å². The van der Waals surface area contributed by atoms with E-state index >= 15 is 0 Å². The Morgan fingerprint density at radius 2 is 1.91 bits per heavy atom. The van der Waals surface area contributed by atoms with Crippen LogP contribution >= 0.6 is 0 Å². The monoisotopic (exact) mass is 443 g/mol. The van der Waals surface area contributed by atoms with E-state index in [2.05, 4.69) is 6.58 Å². The number of alkyl halides is 3. The average Bonchev–Trinajstić information content (AvgIpc) is 3.42. The lowest BCUT2D eigenvalue weighted by molar-refractivity contribution is -0.137. The largest absolute Gasteiger partial charge is 0.465 e. The zero-order valence-corrected chi connectivity index (χ0v) is 17.2. The fraction of sp³-hybridized carbons (Fsp3) is 0.261. The summed E-state index contributed by atoms with van der Waals surface area (Å²) in [5.74, 6) is -0.743. The van der Waals surface area contributed by atoms with E-state index in [-0.39, 0.29) is 11.9 Å². The Kier molecular flexibility index (Phi) is 5.50. The van der Waals surface area contributed by atoms with Crippen LogP contribution in [0.25, 0.3) is 22.2 Å². The molecular weight excluding hydrogens is 423 g/mol. The van der Waals surface area contributed by atoms with Crippen molar-refractivity contribution in [1.29, 1.82) is 0 Å². The predicted molar refractivity (Wildman–Crippen MR) is 112 cm³/mol. The molecule has 6 nitrogen and oxygen atoms in total. The molecule has 0 spiro atoms. The molecular formula is C23H20F3N3O3. The molecule has 4 rings (SSSR count). The molecule has 0 saturated carbocycles. The quantitative estimate of drug-likeness (QED) is 0.441. The maximum Gasteiger partial charge on any atom is 0.416 e. The van der Waals surface area contributed by atoms with Gasteiger partial charge in [0.25, 0.3) is 0 Å². The summed E-state index contributed by atoms with van der Waals surface area (Å²) in [4.78, 5) is 26.1. The van der Waals surface area contributed by atoms with Crippen LogP contribution in [0.2, 0.25) is 0 Å². The molecule has 1 unspecified atom stereocenters. The molecule has 3 aromatic rings. The van der Waals surface area contributed by atoms with Crippen LogP contribution in [0.3, 0.4) is 0 Å². The predicted octanol–water partition coefficient (Wildman–Crippen LogP) is 4.47. The maximum atomic E-state index is 13.0. The molecule has 9 heteroatoms. The lowest BCUT2D eigenvalue weighted by Gasteiger charge is -2.16. The van der Waals surface area contributed by atoms with Crippen LogP contribution in [0.1, 0.15) is 28.4 Å². The van der Waals surface area contributed by atoms with Crippen molar-refractivity contribution in [2.45, 2.75) is 18.6 Å². The fourth-order valence-electron chi connectivity index (χ4n) is 4.03. The minimum absolute atomic E-state index is 0.194. The summed E-state index contributed by atoms with van der Waals surface area (Å²) in [5.41, 5.74) is 1.000. The van der Waals surface area contributed by atoms with Crippen LogP contribution in [0, 0.1) is 0 Å². The first-order valence-corrected chi connectivity index (χ1v) is 9.93. The molecule has 1 atom stereocenters. The number of aromatic nitrogens is 2. The fourth-order valence-corrected chi connectivity index (χ4v) is 4.03. The molecule has 0 radical (unpaired) electrons. The Hall–Kier alpha value is -3.62. The van der Waals surface area contributed by atoms with Crippen molar-refractivity contribution in [2.24, 2.45) is 0 Å². The van der Waals surface area contributed by atoms with Crippen molar-refractivity contribution < 1.29 is 27.5 Å². The second kappa shape index (κ2) is 8.14. The van der Waals surface area contributed by atoms with Crippen molar-refractivity contribution in [3.63, 3.8) is 0 Å². The molecule has 166 valence electrons. The van der Waals surface area contributed by atoms with Gasteiger partial charge < -0.3 is 9.64 Å². The van der Waals surface area contributed by atoms with Gasteiger partial charge in [0.2, 0.25) is 5.91 Å². The van der Waals surface area contributed by atoms with Gasteiger partial charge in [-0.05, 0) is 30.7 Å². The molecule has 0 bridgehead atoms. The first kappa shape index (κ1) is 21.6. The number of hydrogen-bond acceptors (Lipinski definition) is 4. The third-order valence-corrected chi connectivity index (χ3v) is 5.61. The van der Waals surface area contributed by atoms with Crippen LogP contribution in [-0.2, 0) is 15.7 Å². The number of carbonyl (C=O) groups is 2. The number of likely N-dealkylation sites (tertiary alicyclic amines) is 1. The molecule has 1 aromatic heterocycles. The van der Waals surface area contributed by atoms with Crippen molar-refractivity contribution in [2.75, 3.05) is 20.2 Å². The van der Waals surface area contributed by atoms with E-state index in [0.717, 1.165) is 12.1 Å². The molecule has 1 saturated heterocycles. The van der Waals surface area contributed by atoms with Gasteiger partial charge in [-0.1, -0.05) is 30.8 Å². The number of para-hydroxylation sites is 1. The third-order valence-electron chi connectivity index (χ3n) is 5.61. The number of esters is 1. The lowest BCUT2D eigenvalue weighted by Crippen LogP contribution is -2.27. The van der Waals surface area contributed by atoms with Gasteiger partial charge in [0.1, 0.15) is 5.69 Å². The topological polar surface area (TPSA) is 64.4 Å². The molecule has 32 heavy (non-hydrogen) atoms. The highest BCUT2D eigenvalue weighted by Gasteiger charge is 2.32. The summed E-state index contributed by atoms with van der Waals surface area (Å²) in [6, 6.07) is 9.58. The van der Waals surface area contributed by atoms with Gasteiger partial charge in [0.15, 0.2) is 0 Å². The number of halogens is 3. The van der Waals surface area contributed by atoms with Gasteiger partial charge in [-0.2, -0.15) is 18.3 Å². The molecule has 1 amide bonds. The zero-order chi connectivity index (χ0) is 23.0. The Balaban J connectivity index is 1.86. The summed E-state index contributed by atoms with van der Waals surface area (Å²) in [7, 11) is 1.28. The summed E-state index contributed by atoms with van der Waals surface area (Å²) >= 11 is 0. The van der Waals surface area contributed by atoms with E-state index in [1.807, 2.05) is 0 Å². The number of carbonyl (C=O) groups excluding carboxylic acids is 2. The van der Waals surface area contributed by atoms with E-state index in [4.69, 9.17) is 9.84 Å². The van der Waals surface area contributed by atoms with Crippen LogP contribution < -0.4 is 0 Å². The van der Waals surface area contributed by atoms with Gasteiger partial charge >= 0.3 is 12.1 Å². The van der Waals surface area contributed by atoms with E-state index < -0.39 is 17.7 Å². The number of ether oxygens (including phenoxy) is 1. The maximum absolute atomic E-state index is 13.0. The first-order valence-electron chi connectivity index (χ1n) is 9.93. The van der Waals surface area contributed by atoms with Crippen molar-refractivity contribution in [3.05, 3.63) is 66.2 Å². The number of amides is 1. The van der Waals surface area contributed by atoms with Crippen molar-refractivity contribution in [3.8, 4) is 11.3 Å². The van der Waals surface area contributed by atoms with Crippen molar-refractivity contribution in [1.82, 2.24) is 14.7 Å². The molecule has 2 heterocycles. The molecule has 1 aliphatic rings. The summed E-state index contributed by atoms with van der Waals surface area (Å²) < 4.78 is 45.6. The normalized spacial score (nSPS) is 16.4. The summed E-state index contributed by atoms with van der Waals surface area (Å²) in [5, 5.41) is 5.31. The number of hydrogen-bond donors (Lipinski definition) is 0. The average molecular weight is 443 g/mol. The van der Waals surface area contributed by atoms with Crippen LogP contribution in [0.15, 0.2) is 55.1 Å². The molecule has 1 aliphatic heterocycles. The number of fused-ring (bicyclic) bond motifs is 1. The highest BCUT2D eigenvalue weighted by molar-refractivity contribution is 6.06. The minimum atomic E-state index is -4.44. The Bertz CT molecular complexity index is 1200. The van der Waals surface area contributed by atoms with E-state index in [9.17, 15) is 22.8 Å². The highest BCUT2D eigenvalue weighted by atomic mass is 19.4. The van der Waals surface area contributed by atoms with Crippen LogP contribution in [0.4, 0.5) is 13.2 Å². The third kappa shape index (κ3) is 3.74. The number of rotatable bonds is 4. The SMILES string of the molecule is C=CC(=O)N1CCC(n2nc(-c3ccc(C(F)(F)F)cc3)c3cccc(C(=O)OC)c32)C1. The molecule has 1 fully saturated rings. The summed E-state index contributed by atoms with van der Waals surface area (Å²) in [6.07, 6.45) is -2.58. The smallest absolute Gasteiger partial charge is 0.416 e. The van der Waals surface area contributed by atoms with E-state index in [0.29, 0.717) is 47.2 Å². The van der Waals surface area contributed by atoms with Gasteiger partial charge in [0, 0.05) is 24.0 Å². The van der Waals surface area contributed by atoms with Gasteiger partial charge in [-0.3, -0.25) is 9.48 Å². The Morgan fingerprint density at radius 3 is 2.53 bits per heavy atom. The summed E-state index contributed by atoms with van der Waals surface area (Å²) in [6.45, 7) is 4.40. The van der Waals surface area contributed by atoms with Crippen LogP contribution in [0.5, 0.6) is 0 Å². The minimum Gasteiger partial charge on any atom is -0.465 e. The van der Waals surface area contributed by atoms with Gasteiger partial charge in [-0.25, -0.2) is 4.79 Å². The lowest BCUT2D eigenvalue weighted by atomic mass is 10.0. The molecule has 0 aliphatic carbocycles. The second-order valence-electron chi connectivity index (χ2n) is 7.49. The standard InChI is InChI=1S/C23H20F3N3O3/c1-3-19(30)28-12-11-16(13-28)29-21-17(5-4-6-18(21)22(31)32-2)20(27-29)14-7-9-15(10-8-14)23(24,25)26/h3-10,16H,1,11-13H2,2H3. The molecule has 0 N–H and O–H groups in total. The Labute approximate surface area is 181 Å². The van der Waals surface area contributed by atoms with E-state index in [1.165, 1.54) is 25.3 Å². The number of methoxy groups -OCH3 is 1. The zero-order valence-electron chi connectivity index (χ0n) is 17.2. The molecule has 2 aromatic carbocycles. The van der Waals surface area contributed by atoms with E-state index in [1.54, 1.807) is 27.8 Å². The number of benzene rings is 2. The Morgan fingerprint density at radius 1 is 1.19 bits per heavy atom. The highest BCUT2D eigenvalue weighted by Crippen LogP contribution is 2.36. The van der Waals surface area contributed by atoms with Crippen molar-refractivity contribution >= 4 is 22.8 Å². The number of nitrogens with zero attached hydrogens (tertiary/aromatic N) is 3. The van der Waals surface area contributed by atoms with Gasteiger partial charge in [0.05, 0.1) is 29.8 Å². The first-order chi connectivity index (χ1) is 15.2. The second-order valence-corrected chi connectivity index (χ2v) is 7.49.